The van der Waals surface area contributed by atoms with Crippen LogP contribution in [-0.4, -0.2) is 31.6 Å². The quantitative estimate of drug-likeness (QED) is 0.669. The van der Waals surface area contributed by atoms with Crippen molar-refractivity contribution in [1.29, 1.82) is 5.53 Å². The standard InChI is InChI=1S/C15H19N5O/c1-8(2)9(3)20(16)15(21)11-6-17-14-13(11)19-12(7-18-14)10-4-5-10/h6-10,16H,4-5H2,1-3H3/p+1. The maximum Gasteiger partial charge on any atom is 0.447 e. The molecule has 2 aromatic heterocycles. The molecule has 1 aliphatic rings. The summed E-state index contributed by atoms with van der Waals surface area (Å²) < 4.78 is 1.04. The lowest BCUT2D eigenvalue weighted by atomic mass is 10.1. The monoisotopic (exact) mass is 286 g/mol. The first-order valence-corrected chi connectivity index (χ1v) is 7.38. The number of rotatable bonds is 4. The summed E-state index contributed by atoms with van der Waals surface area (Å²) in [5, 5.41) is 0. The molecular formula is C15H20N5O+. The van der Waals surface area contributed by atoms with Gasteiger partial charge in [0.15, 0.2) is 11.7 Å². The molecule has 21 heavy (non-hydrogen) atoms. The summed E-state index contributed by atoms with van der Waals surface area (Å²) in [7, 11) is 0. The van der Waals surface area contributed by atoms with Crippen LogP contribution < -0.4 is 0 Å². The number of nitrogens with one attached hydrogen (secondary N) is 2. The van der Waals surface area contributed by atoms with Gasteiger partial charge in [0.1, 0.15) is 11.1 Å². The summed E-state index contributed by atoms with van der Waals surface area (Å²) in [4.78, 5) is 24.4. The van der Waals surface area contributed by atoms with Crippen LogP contribution in [0.4, 0.5) is 0 Å². The van der Waals surface area contributed by atoms with Gasteiger partial charge in [-0.05, 0) is 12.8 Å². The first-order valence-electron chi connectivity index (χ1n) is 7.38. The second kappa shape index (κ2) is 5.02. The largest absolute Gasteiger partial charge is 0.447 e. The van der Waals surface area contributed by atoms with Gasteiger partial charge in [-0.1, -0.05) is 24.1 Å². The Labute approximate surface area is 123 Å². The third-order valence-electron chi connectivity index (χ3n) is 4.22. The minimum Gasteiger partial charge on any atom is -0.344 e. The number of fused-ring (bicyclic) bond motifs is 1. The van der Waals surface area contributed by atoms with Crippen molar-refractivity contribution in [1.82, 2.24) is 15.0 Å². The summed E-state index contributed by atoms with van der Waals surface area (Å²) in [5.74, 6) is 0.385. The van der Waals surface area contributed by atoms with Crippen molar-refractivity contribution in [2.45, 2.75) is 45.6 Å². The normalized spacial score (nSPS) is 16.4. The van der Waals surface area contributed by atoms with Crippen LogP contribution in [0.25, 0.3) is 11.2 Å². The fourth-order valence-corrected chi connectivity index (χ4v) is 2.26. The predicted molar refractivity (Wildman–Crippen MR) is 77.5 cm³/mol. The van der Waals surface area contributed by atoms with E-state index in [0.29, 0.717) is 22.6 Å². The molecule has 2 N–H and O–H groups in total. The Morgan fingerprint density at radius 1 is 1.43 bits per heavy atom. The number of hydrogen-bond acceptors (Lipinski definition) is 4. The van der Waals surface area contributed by atoms with E-state index >= 15 is 0 Å². The fraction of sp³-hybridized carbons (Fsp3) is 0.533. The number of H-pyrrole nitrogens is 1. The molecule has 1 saturated carbocycles. The van der Waals surface area contributed by atoms with E-state index in [-0.39, 0.29) is 17.9 Å². The molecule has 1 atom stereocenters. The van der Waals surface area contributed by atoms with Crippen LogP contribution >= 0.6 is 0 Å². The van der Waals surface area contributed by atoms with Gasteiger partial charge in [0.2, 0.25) is 0 Å². The molecule has 6 heteroatoms. The summed E-state index contributed by atoms with van der Waals surface area (Å²) in [6.07, 6.45) is 5.67. The van der Waals surface area contributed by atoms with Gasteiger partial charge < -0.3 is 4.98 Å². The van der Waals surface area contributed by atoms with Crippen LogP contribution in [0.5, 0.6) is 0 Å². The molecule has 0 aromatic carbocycles. The van der Waals surface area contributed by atoms with Gasteiger partial charge in [-0.25, -0.2) is 14.8 Å². The summed E-state index contributed by atoms with van der Waals surface area (Å²) in [6.45, 7) is 5.88. The molecule has 0 radical (unpaired) electrons. The van der Waals surface area contributed by atoms with Crippen molar-refractivity contribution in [3.8, 4) is 0 Å². The number of nitrogens with zero attached hydrogens (tertiary/aromatic N) is 3. The first-order chi connectivity index (χ1) is 9.99. The number of aromatic amines is 1. The zero-order chi connectivity index (χ0) is 15.1. The van der Waals surface area contributed by atoms with Crippen LogP contribution in [0, 0.1) is 11.4 Å². The van der Waals surface area contributed by atoms with E-state index in [2.05, 4.69) is 15.0 Å². The molecule has 110 valence electrons. The molecule has 0 bridgehead atoms. The van der Waals surface area contributed by atoms with Gasteiger partial charge in [0, 0.05) is 25.0 Å². The van der Waals surface area contributed by atoms with Crippen LogP contribution in [0.15, 0.2) is 12.4 Å². The molecule has 1 unspecified atom stereocenters. The Balaban J connectivity index is 1.97. The average Bonchev–Trinajstić information content (AvgIpc) is 3.24. The second-order valence-electron chi connectivity index (χ2n) is 6.13. The number of carbonyl (C=O) groups excluding carboxylic acids is 1. The zero-order valence-corrected chi connectivity index (χ0v) is 12.6. The summed E-state index contributed by atoms with van der Waals surface area (Å²) in [5.41, 5.74) is 10.6. The van der Waals surface area contributed by atoms with Crippen molar-refractivity contribution in [3.05, 3.63) is 23.7 Å². The van der Waals surface area contributed by atoms with Crippen molar-refractivity contribution in [2.75, 3.05) is 0 Å². The average molecular weight is 286 g/mol. The SMILES string of the molecule is CC(C)C(C)[N+](=N)C(=O)c1c[nH]c2ncc(C3CC3)nc12. The van der Waals surface area contributed by atoms with Gasteiger partial charge >= 0.3 is 5.91 Å². The van der Waals surface area contributed by atoms with E-state index in [1.54, 1.807) is 12.4 Å². The van der Waals surface area contributed by atoms with Crippen molar-refractivity contribution in [3.63, 3.8) is 0 Å². The molecule has 2 aromatic rings. The van der Waals surface area contributed by atoms with E-state index in [9.17, 15) is 4.79 Å². The third kappa shape index (κ3) is 2.46. The molecule has 1 amide bonds. The lowest BCUT2D eigenvalue weighted by Gasteiger charge is -2.08. The molecule has 0 spiro atoms. The lowest BCUT2D eigenvalue weighted by molar-refractivity contribution is -0.562. The van der Waals surface area contributed by atoms with Crippen molar-refractivity contribution < 1.29 is 9.49 Å². The maximum atomic E-state index is 12.5. The highest BCUT2D eigenvalue weighted by Gasteiger charge is 2.33. The van der Waals surface area contributed by atoms with Gasteiger partial charge in [-0.2, -0.15) is 0 Å². The number of aromatic nitrogens is 3. The van der Waals surface area contributed by atoms with Gasteiger partial charge in [0.05, 0.1) is 11.9 Å². The molecule has 1 fully saturated rings. The molecule has 0 saturated heterocycles. The Morgan fingerprint density at radius 2 is 2.14 bits per heavy atom. The van der Waals surface area contributed by atoms with Gasteiger partial charge in [-0.15, -0.1) is 0 Å². The fourth-order valence-electron chi connectivity index (χ4n) is 2.26. The van der Waals surface area contributed by atoms with Crippen LogP contribution in [0.3, 0.4) is 0 Å². The third-order valence-corrected chi connectivity index (χ3v) is 4.22. The molecule has 1 aliphatic carbocycles. The minimum absolute atomic E-state index is 0.151. The Morgan fingerprint density at radius 3 is 2.76 bits per heavy atom. The number of amides is 1. The highest BCUT2D eigenvalue weighted by molar-refractivity contribution is 6.00. The molecular weight excluding hydrogens is 266 g/mol. The van der Waals surface area contributed by atoms with Crippen molar-refractivity contribution in [2.24, 2.45) is 5.92 Å². The second-order valence-corrected chi connectivity index (χ2v) is 6.13. The molecule has 2 heterocycles. The Kier molecular flexibility index (Phi) is 3.31. The Bertz CT molecular complexity index is 714. The van der Waals surface area contributed by atoms with E-state index in [4.69, 9.17) is 5.53 Å². The highest BCUT2D eigenvalue weighted by Crippen LogP contribution is 2.39. The minimum atomic E-state index is -0.329. The van der Waals surface area contributed by atoms with E-state index in [1.165, 1.54) is 0 Å². The summed E-state index contributed by atoms with van der Waals surface area (Å²) >= 11 is 0. The summed E-state index contributed by atoms with van der Waals surface area (Å²) in [6, 6.07) is -0.151. The lowest BCUT2D eigenvalue weighted by Crippen LogP contribution is -2.31. The molecule has 6 nitrogen and oxygen atoms in total. The highest BCUT2D eigenvalue weighted by atomic mass is 16.2. The van der Waals surface area contributed by atoms with Crippen molar-refractivity contribution >= 4 is 17.1 Å². The topological polar surface area (TPSA) is 85.5 Å². The smallest absolute Gasteiger partial charge is 0.344 e. The predicted octanol–water partition coefficient (Wildman–Crippen LogP) is 3.06. The first kappa shape index (κ1) is 13.9. The van der Waals surface area contributed by atoms with E-state index in [0.717, 1.165) is 23.2 Å². The number of hydrogen-bond donors (Lipinski definition) is 2. The van der Waals surface area contributed by atoms with Gasteiger partial charge in [0.25, 0.3) is 0 Å². The van der Waals surface area contributed by atoms with E-state index < -0.39 is 0 Å². The molecule has 0 aliphatic heterocycles. The van der Waals surface area contributed by atoms with E-state index in [1.807, 2.05) is 20.8 Å². The molecule has 3 rings (SSSR count). The Hall–Kier alpha value is -2.11. The van der Waals surface area contributed by atoms with Crippen LogP contribution in [-0.2, 0) is 0 Å². The van der Waals surface area contributed by atoms with Crippen LogP contribution in [0.1, 0.15) is 55.6 Å². The maximum absolute atomic E-state index is 12.5. The van der Waals surface area contributed by atoms with Gasteiger partial charge in [-0.3, -0.25) is 0 Å². The zero-order valence-electron chi connectivity index (χ0n) is 12.6. The number of carbonyl (C=O) groups is 1. The van der Waals surface area contributed by atoms with Crippen LogP contribution in [0.2, 0.25) is 0 Å².